The molecular weight excluding hydrogens is 276 g/mol. The van der Waals surface area contributed by atoms with Crippen LogP contribution in [0.4, 0.5) is 13.2 Å². The summed E-state index contributed by atoms with van der Waals surface area (Å²) in [5, 5.41) is 0. The van der Waals surface area contributed by atoms with Crippen molar-refractivity contribution in [2.75, 3.05) is 7.11 Å². The third-order valence-electron chi connectivity index (χ3n) is 0.868. The van der Waals surface area contributed by atoms with Crippen LogP contribution in [0.15, 0.2) is 0 Å². The molecule has 0 aliphatic heterocycles. The van der Waals surface area contributed by atoms with E-state index in [2.05, 4.69) is 4.74 Å². The average Bonchev–Trinajstić information content (AvgIpc) is 1.82. The van der Waals surface area contributed by atoms with E-state index < -0.39 is 22.5 Å². The first-order valence-electron chi connectivity index (χ1n) is 2.65. The third-order valence-corrected chi connectivity index (χ3v) is 1.82. The predicted molar refractivity (Wildman–Crippen MR) is 40.5 cm³/mol. The van der Waals surface area contributed by atoms with Crippen LogP contribution in [-0.2, 0) is 9.53 Å². The van der Waals surface area contributed by atoms with Gasteiger partial charge < -0.3 is 4.74 Å². The minimum atomic E-state index is -4.31. The summed E-state index contributed by atoms with van der Waals surface area (Å²) in [5.74, 6) is -0.845. The van der Waals surface area contributed by atoms with Gasteiger partial charge in [0.1, 0.15) is 3.92 Å². The minimum absolute atomic E-state index is 0.845. The van der Waals surface area contributed by atoms with Crippen LogP contribution in [0.2, 0.25) is 0 Å². The molecule has 1 unspecified atom stereocenters. The van der Waals surface area contributed by atoms with Gasteiger partial charge in [0.25, 0.3) is 0 Å². The second-order valence-electron chi connectivity index (χ2n) is 1.81. The normalized spacial score (nSPS) is 14.3. The van der Waals surface area contributed by atoms with Gasteiger partial charge in [0.05, 0.1) is 13.5 Å². The van der Waals surface area contributed by atoms with Gasteiger partial charge in [-0.1, -0.05) is 22.6 Å². The first kappa shape index (κ1) is 11.0. The molecule has 0 N–H and O–H groups in total. The van der Waals surface area contributed by atoms with E-state index in [0.29, 0.717) is 0 Å². The second-order valence-corrected chi connectivity index (χ2v) is 3.31. The molecule has 0 aliphatic rings. The van der Waals surface area contributed by atoms with E-state index in [0.717, 1.165) is 7.11 Å². The van der Waals surface area contributed by atoms with Crippen LogP contribution in [0.25, 0.3) is 0 Å². The van der Waals surface area contributed by atoms with Gasteiger partial charge >= 0.3 is 12.1 Å². The van der Waals surface area contributed by atoms with Gasteiger partial charge in [-0.15, -0.1) is 0 Å². The van der Waals surface area contributed by atoms with Gasteiger partial charge in [-0.3, -0.25) is 4.79 Å². The summed E-state index contributed by atoms with van der Waals surface area (Å²) in [6, 6.07) is 0. The standard InChI is InChI=1S/C5H6F3IO2/c1-11-4(10)3(9)2-5(6,7)8/h3H,2H2,1H3. The van der Waals surface area contributed by atoms with E-state index in [1.54, 1.807) is 0 Å². The fourth-order valence-electron chi connectivity index (χ4n) is 0.414. The molecule has 0 fully saturated rings. The second kappa shape index (κ2) is 4.13. The first-order valence-corrected chi connectivity index (χ1v) is 3.90. The van der Waals surface area contributed by atoms with Crippen LogP contribution in [0.5, 0.6) is 0 Å². The SMILES string of the molecule is COC(=O)C(I)CC(F)(F)F. The monoisotopic (exact) mass is 282 g/mol. The number of alkyl halides is 4. The van der Waals surface area contributed by atoms with Crippen molar-refractivity contribution in [1.82, 2.24) is 0 Å². The van der Waals surface area contributed by atoms with E-state index in [-0.39, 0.29) is 0 Å². The highest BCUT2D eigenvalue weighted by Crippen LogP contribution is 2.25. The number of halogens is 4. The summed E-state index contributed by atoms with van der Waals surface area (Å²) < 4.78 is 37.7. The zero-order chi connectivity index (χ0) is 9.07. The van der Waals surface area contributed by atoms with Crippen molar-refractivity contribution >= 4 is 28.6 Å². The Bertz CT molecular complexity index is 145. The Morgan fingerprint density at radius 3 is 2.36 bits per heavy atom. The largest absolute Gasteiger partial charge is 0.468 e. The number of ether oxygens (including phenoxy) is 1. The van der Waals surface area contributed by atoms with Crippen molar-refractivity contribution in [2.24, 2.45) is 0 Å². The molecule has 0 radical (unpaired) electrons. The molecular formula is C5H6F3IO2. The summed E-state index contributed by atoms with van der Waals surface area (Å²) in [4.78, 5) is 10.5. The number of methoxy groups -OCH3 is 1. The maximum absolute atomic E-state index is 11.6. The molecule has 0 saturated heterocycles. The first-order chi connectivity index (χ1) is 4.87. The smallest absolute Gasteiger partial charge is 0.390 e. The predicted octanol–water partition coefficient (Wildman–Crippen LogP) is 1.92. The molecule has 6 heteroatoms. The van der Waals surface area contributed by atoms with Crippen molar-refractivity contribution < 1.29 is 22.7 Å². The number of esters is 1. The van der Waals surface area contributed by atoms with E-state index in [4.69, 9.17) is 0 Å². The molecule has 0 saturated carbocycles. The third kappa shape index (κ3) is 5.28. The Hall–Kier alpha value is -0.0100. The van der Waals surface area contributed by atoms with E-state index in [9.17, 15) is 18.0 Å². The molecule has 2 nitrogen and oxygen atoms in total. The highest BCUT2D eigenvalue weighted by molar-refractivity contribution is 14.1. The van der Waals surface area contributed by atoms with E-state index in [1.165, 1.54) is 22.6 Å². The number of carbonyl (C=O) groups is 1. The van der Waals surface area contributed by atoms with Gasteiger partial charge in [-0.05, 0) is 0 Å². The molecule has 0 rings (SSSR count). The highest BCUT2D eigenvalue weighted by Gasteiger charge is 2.34. The quantitative estimate of drug-likeness (QED) is 0.439. The van der Waals surface area contributed by atoms with Crippen LogP contribution in [0, 0.1) is 0 Å². The van der Waals surface area contributed by atoms with Crippen molar-refractivity contribution in [2.45, 2.75) is 16.5 Å². The molecule has 0 spiro atoms. The Kier molecular flexibility index (Phi) is 4.12. The number of hydrogen-bond acceptors (Lipinski definition) is 2. The highest BCUT2D eigenvalue weighted by atomic mass is 127. The van der Waals surface area contributed by atoms with Gasteiger partial charge in [0, 0.05) is 0 Å². The molecule has 0 aromatic rings. The number of carbonyl (C=O) groups excluding carboxylic acids is 1. The lowest BCUT2D eigenvalue weighted by molar-refractivity contribution is -0.152. The lowest BCUT2D eigenvalue weighted by Crippen LogP contribution is -2.23. The van der Waals surface area contributed by atoms with Gasteiger partial charge in [0.15, 0.2) is 0 Å². The maximum Gasteiger partial charge on any atom is 0.390 e. The van der Waals surface area contributed by atoms with Crippen molar-refractivity contribution in [1.29, 1.82) is 0 Å². The van der Waals surface area contributed by atoms with Crippen molar-refractivity contribution in [3.63, 3.8) is 0 Å². The molecule has 1 atom stereocenters. The van der Waals surface area contributed by atoms with E-state index in [1.807, 2.05) is 0 Å². The summed E-state index contributed by atoms with van der Waals surface area (Å²) in [7, 11) is 1.06. The molecule has 0 heterocycles. The fourth-order valence-corrected chi connectivity index (χ4v) is 1.17. The summed E-state index contributed by atoms with van der Waals surface area (Å²) in [5.41, 5.74) is 0. The van der Waals surface area contributed by atoms with Crippen LogP contribution in [0.3, 0.4) is 0 Å². The molecule has 66 valence electrons. The average molecular weight is 282 g/mol. The van der Waals surface area contributed by atoms with Crippen LogP contribution >= 0.6 is 22.6 Å². The summed E-state index contributed by atoms with van der Waals surface area (Å²) in [6.45, 7) is 0. The fraction of sp³-hybridized carbons (Fsp3) is 0.800. The van der Waals surface area contributed by atoms with Crippen molar-refractivity contribution in [3.8, 4) is 0 Å². The molecule has 0 amide bonds. The van der Waals surface area contributed by atoms with Crippen LogP contribution in [-0.4, -0.2) is 23.2 Å². The van der Waals surface area contributed by atoms with Gasteiger partial charge in [-0.25, -0.2) is 0 Å². The zero-order valence-electron chi connectivity index (χ0n) is 5.61. The Balaban J connectivity index is 3.87. The van der Waals surface area contributed by atoms with Crippen LogP contribution < -0.4 is 0 Å². The molecule has 0 aromatic heterocycles. The number of rotatable bonds is 2. The Labute approximate surface area is 75.2 Å². The molecule has 0 aliphatic carbocycles. The lowest BCUT2D eigenvalue weighted by atomic mass is 10.3. The summed E-state index contributed by atoms with van der Waals surface area (Å²) >= 11 is 1.40. The number of hydrogen-bond donors (Lipinski definition) is 0. The lowest BCUT2D eigenvalue weighted by Gasteiger charge is -2.09. The molecule has 0 bridgehead atoms. The van der Waals surface area contributed by atoms with Crippen LogP contribution in [0.1, 0.15) is 6.42 Å². The minimum Gasteiger partial charge on any atom is -0.468 e. The van der Waals surface area contributed by atoms with Gasteiger partial charge in [0.2, 0.25) is 0 Å². The Morgan fingerprint density at radius 2 is 2.09 bits per heavy atom. The van der Waals surface area contributed by atoms with E-state index >= 15 is 0 Å². The van der Waals surface area contributed by atoms with Crippen molar-refractivity contribution in [3.05, 3.63) is 0 Å². The zero-order valence-corrected chi connectivity index (χ0v) is 7.77. The Morgan fingerprint density at radius 1 is 1.64 bits per heavy atom. The molecule has 0 aromatic carbocycles. The summed E-state index contributed by atoms with van der Waals surface area (Å²) in [6.07, 6.45) is -5.44. The topological polar surface area (TPSA) is 26.3 Å². The van der Waals surface area contributed by atoms with Gasteiger partial charge in [-0.2, -0.15) is 13.2 Å². The molecule has 11 heavy (non-hydrogen) atoms. The maximum atomic E-state index is 11.6.